The first-order chi connectivity index (χ1) is 8.29. The van der Waals surface area contributed by atoms with Gasteiger partial charge in [-0.3, -0.25) is 0 Å². The fraction of sp³-hybridized carbons (Fsp3) is 0.364. The molecule has 0 spiro atoms. The average Bonchev–Trinajstić information content (AvgIpc) is 2.24. The molecule has 1 aromatic carbocycles. The van der Waals surface area contributed by atoms with Gasteiger partial charge >= 0.3 is 6.18 Å². The molecule has 1 rings (SSSR count). The molecule has 0 radical (unpaired) electrons. The molecule has 0 fully saturated rings. The first kappa shape index (κ1) is 15.0. The smallest absolute Gasteiger partial charge is 0.389 e. The maximum absolute atomic E-state index is 11.9. The summed E-state index contributed by atoms with van der Waals surface area (Å²) in [4.78, 5) is 0.223. The number of anilines is 1. The minimum Gasteiger partial charge on any atom is -0.389 e. The number of hydrogen-bond acceptors (Lipinski definition) is 2. The van der Waals surface area contributed by atoms with Crippen molar-refractivity contribution in [2.75, 3.05) is 11.9 Å². The van der Waals surface area contributed by atoms with E-state index in [2.05, 4.69) is 5.32 Å². The van der Waals surface area contributed by atoms with Crippen LogP contribution >= 0.6 is 23.8 Å². The Morgan fingerprint density at radius 3 is 2.56 bits per heavy atom. The molecule has 3 N–H and O–H groups in total. The zero-order valence-electron chi connectivity index (χ0n) is 9.35. The van der Waals surface area contributed by atoms with Crippen LogP contribution < -0.4 is 11.1 Å². The molecule has 7 heteroatoms. The molecule has 18 heavy (non-hydrogen) atoms. The van der Waals surface area contributed by atoms with Crippen molar-refractivity contribution >= 4 is 34.5 Å². The number of rotatable bonds is 5. The van der Waals surface area contributed by atoms with E-state index in [-0.39, 0.29) is 18.0 Å². The monoisotopic (exact) mass is 296 g/mol. The lowest BCUT2D eigenvalue weighted by atomic mass is 10.2. The van der Waals surface area contributed by atoms with E-state index in [0.29, 0.717) is 16.3 Å². The first-order valence-corrected chi connectivity index (χ1v) is 5.98. The summed E-state index contributed by atoms with van der Waals surface area (Å²) in [5, 5.41) is 3.22. The molecule has 0 aromatic heterocycles. The van der Waals surface area contributed by atoms with Gasteiger partial charge in [-0.2, -0.15) is 13.2 Å². The lowest BCUT2D eigenvalue weighted by Gasteiger charge is -2.10. The van der Waals surface area contributed by atoms with Crippen LogP contribution in [0.1, 0.15) is 18.4 Å². The van der Waals surface area contributed by atoms with Crippen molar-refractivity contribution in [1.29, 1.82) is 0 Å². The largest absolute Gasteiger partial charge is 0.389 e. The van der Waals surface area contributed by atoms with E-state index >= 15 is 0 Å². The van der Waals surface area contributed by atoms with Crippen molar-refractivity contribution in [2.24, 2.45) is 5.73 Å². The van der Waals surface area contributed by atoms with Crippen molar-refractivity contribution in [3.05, 3.63) is 28.8 Å². The molecule has 0 saturated heterocycles. The van der Waals surface area contributed by atoms with Crippen molar-refractivity contribution in [3.8, 4) is 0 Å². The van der Waals surface area contributed by atoms with Gasteiger partial charge in [-0.15, -0.1) is 0 Å². The standard InChI is InChI=1S/C11H12ClF3N2S/c12-8-6-7(10(16)18)2-3-9(8)17-5-1-4-11(13,14)15/h2-3,6,17H,1,4-5H2,(H2,16,18). The molecule has 0 aliphatic heterocycles. The number of thiocarbonyl (C=S) groups is 1. The Hall–Kier alpha value is -1.01. The Labute approximate surface area is 113 Å². The Balaban J connectivity index is 2.51. The number of halogens is 4. The highest BCUT2D eigenvalue weighted by molar-refractivity contribution is 7.80. The molecule has 0 saturated carbocycles. The Morgan fingerprint density at radius 1 is 1.39 bits per heavy atom. The summed E-state index contributed by atoms with van der Waals surface area (Å²) in [6.45, 7) is 0.200. The summed E-state index contributed by atoms with van der Waals surface area (Å²) >= 11 is 10.7. The molecular formula is C11H12ClF3N2S. The van der Waals surface area contributed by atoms with Crippen LogP contribution in [0.2, 0.25) is 5.02 Å². The number of alkyl halides is 3. The van der Waals surface area contributed by atoms with Crippen molar-refractivity contribution < 1.29 is 13.2 Å². The van der Waals surface area contributed by atoms with Crippen molar-refractivity contribution in [3.63, 3.8) is 0 Å². The van der Waals surface area contributed by atoms with Gasteiger partial charge < -0.3 is 11.1 Å². The quantitative estimate of drug-likeness (QED) is 0.642. The molecular weight excluding hydrogens is 285 g/mol. The lowest BCUT2D eigenvalue weighted by molar-refractivity contribution is -0.134. The van der Waals surface area contributed by atoms with E-state index in [1.54, 1.807) is 18.2 Å². The highest BCUT2D eigenvalue weighted by Gasteiger charge is 2.25. The van der Waals surface area contributed by atoms with Crippen molar-refractivity contribution in [1.82, 2.24) is 0 Å². The van der Waals surface area contributed by atoms with Crippen LogP contribution in [-0.4, -0.2) is 17.7 Å². The summed E-state index contributed by atoms with van der Waals surface area (Å²) in [5.41, 5.74) is 6.62. The van der Waals surface area contributed by atoms with Crippen LogP contribution in [0.4, 0.5) is 18.9 Å². The minimum absolute atomic E-state index is 0.00309. The number of nitrogens with two attached hydrogens (primary N) is 1. The summed E-state index contributed by atoms with van der Waals surface area (Å²) < 4.78 is 35.8. The topological polar surface area (TPSA) is 38.0 Å². The van der Waals surface area contributed by atoms with E-state index in [1.807, 2.05) is 0 Å². The molecule has 0 aliphatic carbocycles. The van der Waals surface area contributed by atoms with Gasteiger partial charge in [-0.05, 0) is 24.6 Å². The Kier molecular flexibility index (Phi) is 5.22. The Morgan fingerprint density at radius 2 is 2.06 bits per heavy atom. The summed E-state index contributed by atoms with van der Waals surface area (Å²) in [5.74, 6) is 0. The minimum atomic E-state index is -4.12. The van der Waals surface area contributed by atoms with Crippen LogP contribution in [0.5, 0.6) is 0 Å². The van der Waals surface area contributed by atoms with Gasteiger partial charge in [-0.25, -0.2) is 0 Å². The molecule has 0 atom stereocenters. The third kappa shape index (κ3) is 5.10. The average molecular weight is 297 g/mol. The molecule has 0 bridgehead atoms. The number of hydrogen-bond donors (Lipinski definition) is 2. The van der Waals surface area contributed by atoms with E-state index in [4.69, 9.17) is 29.6 Å². The third-order valence-corrected chi connectivity index (χ3v) is 2.75. The van der Waals surface area contributed by atoms with E-state index < -0.39 is 12.6 Å². The van der Waals surface area contributed by atoms with Gasteiger partial charge in [-0.1, -0.05) is 23.8 Å². The maximum atomic E-state index is 11.9. The fourth-order valence-electron chi connectivity index (χ4n) is 1.32. The summed E-state index contributed by atoms with van der Waals surface area (Å²) in [6, 6.07) is 4.89. The van der Waals surface area contributed by atoms with E-state index in [9.17, 15) is 13.2 Å². The predicted molar refractivity (Wildman–Crippen MR) is 71.1 cm³/mol. The van der Waals surface area contributed by atoms with Gasteiger partial charge in [0.05, 0.1) is 10.7 Å². The van der Waals surface area contributed by atoms with Gasteiger partial charge in [0.2, 0.25) is 0 Å². The van der Waals surface area contributed by atoms with Gasteiger partial charge in [0.15, 0.2) is 0 Å². The second-order valence-electron chi connectivity index (χ2n) is 3.70. The number of nitrogens with one attached hydrogen (secondary N) is 1. The van der Waals surface area contributed by atoms with Crippen LogP contribution in [0.3, 0.4) is 0 Å². The molecule has 0 unspecified atom stereocenters. The van der Waals surface area contributed by atoms with E-state index in [1.165, 1.54) is 0 Å². The molecule has 100 valence electrons. The van der Waals surface area contributed by atoms with Crippen LogP contribution in [0.25, 0.3) is 0 Å². The SMILES string of the molecule is NC(=S)c1ccc(NCCCC(F)(F)F)c(Cl)c1. The van der Waals surface area contributed by atoms with Gasteiger partial charge in [0.25, 0.3) is 0 Å². The van der Waals surface area contributed by atoms with Gasteiger partial charge in [0.1, 0.15) is 4.99 Å². The van der Waals surface area contributed by atoms with Crippen LogP contribution in [-0.2, 0) is 0 Å². The van der Waals surface area contributed by atoms with Crippen LogP contribution in [0.15, 0.2) is 18.2 Å². The molecule has 0 aliphatic rings. The first-order valence-electron chi connectivity index (χ1n) is 5.19. The Bertz CT molecular complexity index is 435. The predicted octanol–water partition coefficient (Wildman–Crippen LogP) is 3.73. The second-order valence-corrected chi connectivity index (χ2v) is 4.55. The zero-order chi connectivity index (χ0) is 13.8. The zero-order valence-corrected chi connectivity index (χ0v) is 10.9. The van der Waals surface area contributed by atoms with Gasteiger partial charge in [0, 0.05) is 18.5 Å². The number of benzene rings is 1. The van der Waals surface area contributed by atoms with Crippen LogP contribution in [0, 0.1) is 0 Å². The third-order valence-electron chi connectivity index (χ3n) is 2.21. The fourth-order valence-corrected chi connectivity index (χ4v) is 1.70. The van der Waals surface area contributed by atoms with Crippen molar-refractivity contribution in [2.45, 2.75) is 19.0 Å². The molecule has 0 amide bonds. The second kappa shape index (κ2) is 6.24. The molecule has 2 nitrogen and oxygen atoms in total. The normalized spacial score (nSPS) is 11.3. The summed E-state index contributed by atoms with van der Waals surface area (Å²) in [7, 11) is 0. The highest BCUT2D eigenvalue weighted by atomic mass is 35.5. The molecule has 0 heterocycles. The highest BCUT2D eigenvalue weighted by Crippen LogP contribution is 2.24. The van der Waals surface area contributed by atoms with E-state index in [0.717, 1.165) is 0 Å². The lowest BCUT2D eigenvalue weighted by Crippen LogP contribution is -2.12. The molecule has 1 aromatic rings. The maximum Gasteiger partial charge on any atom is 0.389 e. The summed E-state index contributed by atoms with van der Waals surface area (Å²) in [6.07, 6.45) is -4.94.